The minimum Gasteiger partial charge on any atom is -0.357 e. The monoisotopic (exact) mass is 565 g/mol. The topological polar surface area (TPSA) is 60.0 Å². The Morgan fingerprint density at radius 3 is 2.09 bits per heavy atom. The molecule has 182 valence electrons. The van der Waals surface area contributed by atoms with E-state index in [1.165, 1.54) is 5.56 Å². The number of hydrogen-bond donors (Lipinski definition) is 2. The van der Waals surface area contributed by atoms with Crippen LogP contribution in [0.4, 0.5) is 0 Å². The van der Waals surface area contributed by atoms with Gasteiger partial charge in [-0.25, -0.2) is 4.99 Å². The van der Waals surface area contributed by atoms with Gasteiger partial charge in [0.25, 0.3) is 5.91 Å². The number of carbonyl (C=O) groups excluding carboxylic acids is 1. The maximum absolute atomic E-state index is 12.1. The Morgan fingerprint density at radius 1 is 0.909 bits per heavy atom. The van der Waals surface area contributed by atoms with Gasteiger partial charge in [-0.1, -0.05) is 56.3 Å². The van der Waals surface area contributed by atoms with Gasteiger partial charge >= 0.3 is 0 Å². The summed E-state index contributed by atoms with van der Waals surface area (Å²) in [5, 5.41) is 6.89. The summed E-state index contributed by atoms with van der Waals surface area (Å²) in [6.07, 6.45) is 0.996. The van der Waals surface area contributed by atoms with Gasteiger partial charge in [0.15, 0.2) is 5.96 Å². The van der Waals surface area contributed by atoms with Crippen molar-refractivity contribution in [1.82, 2.24) is 20.4 Å². The number of nitrogens with one attached hydrogen (secondary N) is 2. The molecule has 0 aromatic heterocycles. The lowest BCUT2D eigenvalue weighted by Crippen LogP contribution is -2.48. The Hall–Kier alpha value is -2.13. The number of likely N-dealkylation sites (N-methyl/N-ethyl adjacent to an activating group) is 1. The van der Waals surface area contributed by atoms with Gasteiger partial charge in [0.2, 0.25) is 0 Å². The molecule has 1 amide bonds. The van der Waals surface area contributed by atoms with E-state index in [0.717, 1.165) is 44.1 Å². The van der Waals surface area contributed by atoms with E-state index >= 15 is 0 Å². The van der Waals surface area contributed by atoms with Crippen LogP contribution in [0.1, 0.15) is 42.3 Å². The van der Waals surface area contributed by atoms with E-state index < -0.39 is 0 Å². The molecular weight excluding hydrogens is 525 g/mol. The van der Waals surface area contributed by atoms with Crippen LogP contribution < -0.4 is 10.6 Å². The molecule has 2 aromatic rings. The van der Waals surface area contributed by atoms with E-state index in [1.54, 1.807) is 19.0 Å². The number of benzene rings is 2. The van der Waals surface area contributed by atoms with Gasteiger partial charge in [0, 0.05) is 38.8 Å². The molecule has 0 radical (unpaired) electrons. The molecule has 1 atom stereocenters. The molecule has 2 N–H and O–H groups in total. The maximum atomic E-state index is 12.1. The maximum Gasteiger partial charge on any atom is 0.253 e. The molecule has 0 spiro atoms. The van der Waals surface area contributed by atoms with Gasteiger partial charge in [-0.15, -0.1) is 24.0 Å². The second-order valence-corrected chi connectivity index (χ2v) is 8.04. The van der Waals surface area contributed by atoms with Crippen LogP contribution in [0.5, 0.6) is 0 Å². The zero-order valence-corrected chi connectivity index (χ0v) is 23.0. The highest BCUT2D eigenvalue weighted by molar-refractivity contribution is 14.0. The highest BCUT2D eigenvalue weighted by atomic mass is 127. The number of aliphatic imine (C=N–C) groups is 1. The third-order valence-electron chi connectivity index (χ3n) is 5.52. The van der Waals surface area contributed by atoms with E-state index in [2.05, 4.69) is 66.6 Å². The highest BCUT2D eigenvalue weighted by Crippen LogP contribution is 2.10. The summed E-state index contributed by atoms with van der Waals surface area (Å²) in [4.78, 5) is 20.9. The molecule has 0 aliphatic rings. The normalized spacial score (nSPS) is 12.1. The molecular formula is C26H40IN5O. The molecule has 7 heteroatoms. The van der Waals surface area contributed by atoms with Crippen LogP contribution in [0.15, 0.2) is 59.6 Å². The SMILES string of the molecule is CCNC(=NCc1ccc(C(=O)N(C)C)cc1)NCC(Cc1ccccc1)N(CC)CC.I. The molecule has 2 aromatic carbocycles. The van der Waals surface area contributed by atoms with E-state index in [-0.39, 0.29) is 29.9 Å². The van der Waals surface area contributed by atoms with E-state index in [1.807, 2.05) is 24.3 Å². The van der Waals surface area contributed by atoms with Gasteiger partial charge in [0.05, 0.1) is 6.54 Å². The van der Waals surface area contributed by atoms with Gasteiger partial charge in [-0.3, -0.25) is 9.69 Å². The molecule has 0 heterocycles. The molecule has 0 saturated heterocycles. The van der Waals surface area contributed by atoms with Crippen molar-refractivity contribution in [3.8, 4) is 0 Å². The lowest BCUT2D eigenvalue weighted by atomic mass is 10.0. The number of hydrogen-bond acceptors (Lipinski definition) is 3. The molecule has 0 aliphatic heterocycles. The molecule has 1 unspecified atom stereocenters. The smallest absolute Gasteiger partial charge is 0.253 e. The average Bonchev–Trinajstić information content (AvgIpc) is 2.81. The lowest BCUT2D eigenvalue weighted by Gasteiger charge is -2.30. The first-order chi connectivity index (χ1) is 15.5. The van der Waals surface area contributed by atoms with Crippen molar-refractivity contribution < 1.29 is 4.79 Å². The van der Waals surface area contributed by atoms with Crippen LogP contribution in [-0.2, 0) is 13.0 Å². The Bertz CT molecular complexity index is 836. The number of guanidine groups is 1. The van der Waals surface area contributed by atoms with Crippen molar-refractivity contribution in [3.63, 3.8) is 0 Å². The second-order valence-electron chi connectivity index (χ2n) is 8.04. The minimum atomic E-state index is 0. The van der Waals surface area contributed by atoms with Gasteiger partial charge in [0.1, 0.15) is 0 Å². The average molecular weight is 566 g/mol. The van der Waals surface area contributed by atoms with Crippen LogP contribution in [0.3, 0.4) is 0 Å². The Kier molecular flexibility index (Phi) is 13.7. The van der Waals surface area contributed by atoms with Crippen molar-refractivity contribution >= 4 is 35.8 Å². The Balaban J connectivity index is 0.00000544. The third-order valence-corrected chi connectivity index (χ3v) is 5.52. The summed E-state index contributed by atoms with van der Waals surface area (Å²) in [5.74, 6) is 0.821. The first-order valence-corrected chi connectivity index (χ1v) is 11.6. The molecule has 0 saturated carbocycles. The Labute approximate surface area is 216 Å². The minimum absolute atomic E-state index is 0. The third kappa shape index (κ3) is 9.71. The highest BCUT2D eigenvalue weighted by Gasteiger charge is 2.17. The Morgan fingerprint density at radius 2 is 1.55 bits per heavy atom. The fourth-order valence-electron chi connectivity index (χ4n) is 3.69. The van der Waals surface area contributed by atoms with Gasteiger partial charge in [-0.2, -0.15) is 0 Å². The fraction of sp³-hybridized carbons (Fsp3) is 0.462. The van der Waals surface area contributed by atoms with Gasteiger partial charge in [-0.05, 0) is 49.7 Å². The molecule has 0 bridgehead atoms. The van der Waals surface area contributed by atoms with Crippen molar-refractivity contribution in [2.45, 2.75) is 39.8 Å². The number of carbonyl (C=O) groups is 1. The van der Waals surface area contributed by atoms with E-state index in [9.17, 15) is 4.79 Å². The first-order valence-electron chi connectivity index (χ1n) is 11.6. The molecule has 0 aliphatic carbocycles. The number of rotatable bonds is 11. The predicted octanol–water partition coefficient (Wildman–Crippen LogP) is 4.01. The molecule has 0 fully saturated rings. The van der Waals surface area contributed by atoms with Crippen molar-refractivity contribution in [2.75, 3.05) is 40.3 Å². The van der Waals surface area contributed by atoms with Crippen LogP contribution >= 0.6 is 24.0 Å². The number of amides is 1. The number of nitrogens with zero attached hydrogens (tertiary/aromatic N) is 3. The summed E-state index contributed by atoms with van der Waals surface area (Å²) in [6, 6.07) is 18.7. The van der Waals surface area contributed by atoms with E-state index in [0.29, 0.717) is 18.2 Å². The van der Waals surface area contributed by atoms with Crippen molar-refractivity contribution in [3.05, 3.63) is 71.3 Å². The van der Waals surface area contributed by atoms with Crippen molar-refractivity contribution in [1.29, 1.82) is 0 Å². The van der Waals surface area contributed by atoms with Crippen LogP contribution in [-0.4, -0.2) is 68.0 Å². The fourth-order valence-corrected chi connectivity index (χ4v) is 3.69. The standard InChI is InChI=1S/C26H39N5O.HI/c1-6-27-26(28-19-22-14-16-23(17-15-22)25(32)30(4)5)29-20-24(31(7-2)8-3)18-21-12-10-9-11-13-21;/h9-17,24H,6-8,18-20H2,1-5H3,(H2,27,28,29);1H. The quantitative estimate of drug-likeness (QED) is 0.246. The molecule has 6 nitrogen and oxygen atoms in total. The lowest BCUT2D eigenvalue weighted by molar-refractivity contribution is 0.0827. The molecule has 2 rings (SSSR count). The predicted molar refractivity (Wildman–Crippen MR) is 150 cm³/mol. The molecule has 33 heavy (non-hydrogen) atoms. The zero-order valence-electron chi connectivity index (χ0n) is 20.7. The van der Waals surface area contributed by atoms with Crippen LogP contribution in [0.25, 0.3) is 0 Å². The van der Waals surface area contributed by atoms with E-state index in [4.69, 9.17) is 4.99 Å². The summed E-state index contributed by atoms with van der Waals surface area (Å²) in [5.41, 5.74) is 3.11. The summed E-state index contributed by atoms with van der Waals surface area (Å²) < 4.78 is 0. The largest absolute Gasteiger partial charge is 0.357 e. The summed E-state index contributed by atoms with van der Waals surface area (Å²) in [6.45, 7) is 10.7. The first kappa shape index (κ1) is 28.9. The number of halogens is 1. The van der Waals surface area contributed by atoms with Gasteiger partial charge < -0.3 is 15.5 Å². The second kappa shape index (κ2) is 15.7. The summed E-state index contributed by atoms with van der Waals surface area (Å²) >= 11 is 0. The van der Waals surface area contributed by atoms with Crippen molar-refractivity contribution in [2.24, 2.45) is 4.99 Å². The van der Waals surface area contributed by atoms with Crippen LogP contribution in [0, 0.1) is 0 Å². The van der Waals surface area contributed by atoms with Crippen LogP contribution in [0.2, 0.25) is 0 Å². The summed E-state index contributed by atoms with van der Waals surface area (Å²) in [7, 11) is 3.52. The zero-order chi connectivity index (χ0) is 23.3.